The van der Waals surface area contributed by atoms with Gasteiger partial charge in [0, 0.05) is 37.4 Å². The van der Waals surface area contributed by atoms with Gasteiger partial charge in [0.25, 0.3) is 5.91 Å². The predicted molar refractivity (Wildman–Crippen MR) is 120 cm³/mol. The fourth-order valence-electron chi connectivity index (χ4n) is 4.14. The summed E-state index contributed by atoms with van der Waals surface area (Å²) in [4.78, 5) is 28.2. The van der Waals surface area contributed by atoms with Crippen molar-refractivity contribution in [2.24, 2.45) is 0 Å². The van der Waals surface area contributed by atoms with Crippen LogP contribution >= 0.6 is 11.3 Å². The van der Waals surface area contributed by atoms with E-state index in [4.69, 9.17) is 4.74 Å². The van der Waals surface area contributed by atoms with Crippen molar-refractivity contribution >= 4 is 33.2 Å². The Morgan fingerprint density at radius 1 is 1.23 bits per heavy atom. The number of hydrogen-bond acceptors (Lipinski definition) is 4. The number of likely N-dealkylation sites (tertiary alicyclic amines) is 1. The van der Waals surface area contributed by atoms with E-state index < -0.39 is 0 Å². The van der Waals surface area contributed by atoms with E-state index in [1.807, 2.05) is 29.2 Å². The minimum absolute atomic E-state index is 0.0151. The Bertz CT molecular complexity index is 1100. The minimum Gasteiger partial charge on any atom is -0.383 e. The van der Waals surface area contributed by atoms with Crippen LogP contribution in [0.15, 0.2) is 48.5 Å². The van der Waals surface area contributed by atoms with Gasteiger partial charge in [-0.15, -0.1) is 11.3 Å². The molecule has 1 saturated heterocycles. The van der Waals surface area contributed by atoms with Crippen molar-refractivity contribution in [3.8, 4) is 0 Å². The Hall–Kier alpha value is -2.77. The second kappa shape index (κ2) is 9.58. The number of amides is 2. The van der Waals surface area contributed by atoms with Crippen LogP contribution in [-0.4, -0.2) is 50.1 Å². The lowest BCUT2D eigenvalue weighted by Crippen LogP contribution is -2.30. The molecule has 2 heterocycles. The lowest BCUT2D eigenvalue weighted by Gasteiger charge is -2.17. The van der Waals surface area contributed by atoms with E-state index in [0.717, 1.165) is 22.1 Å². The number of fused-ring (bicyclic) bond motifs is 1. The first kappa shape index (κ1) is 21.5. The zero-order valence-electron chi connectivity index (χ0n) is 17.4. The van der Waals surface area contributed by atoms with Crippen molar-refractivity contribution in [1.82, 2.24) is 10.2 Å². The van der Waals surface area contributed by atoms with Crippen LogP contribution in [0.25, 0.3) is 10.1 Å². The number of hydrogen-bond donors (Lipinski definition) is 1. The second-order valence-electron chi connectivity index (χ2n) is 7.72. The average Bonchev–Trinajstić information content (AvgIpc) is 3.38. The summed E-state index contributed by atoms with van der Waals surface area (Å²) in [5.41, 5.74) is 1.70. The third kappa shape index (κ3) is 4.78. The summed E-state index contributed by atoms with van der Waals surface area (Å²) in [7, 11) is 1.60. The van der Waals surface area contributed by atoms with E-state index in [2.05, 4.69) is 5.32 Å². The molecule has 0 radical (unpaired) electrons. The molecule has 0 aliphatic carbocycles. The molecule has 0 saturated carbocycles. The van der Waals surface area contributed by atoms with Gasteiger partial charge in [-0.1, -0.05) is 30.3 Å². The normalized spacial score (nSPS) is 16.1. The highest BCUT2D eigenvalue weighted by Gasteiger charge is 2.32. The first-order chi connectivity index (χ1) is 15.1. The maximum Gasteiger partial charge on any atom is 0.261 e. The van der Waals surface area contributed by atoms with E-state index in [9.17, 15) is 14.0 Å². The van der Waals surface area contributed by atoms with Gasteiger partial charge in [0.05, 0.1) is 17.9 Å². The number of carbonyl (C=O) groups is 2. The van der Waals surface area contributed by atoms with Crippen LogP contribution in [0.5, 0.6) is 0 Å². The van der Waals surface area contributed by atoms with Crippen molar-refractivity contribution in [3.05, 3.63) is 70.4 Å². The molecule has 0 bridgehead atoms. The quantitative estimate of drug-likeness (QED) is 0.566. The van der Waals surface area contributed by atoms with Crippen molar-refractivity contribution in [2.45, 2.75) is 18.8 Å². The van der Waals surface area contributed by atoms with Crippen molar-refractivity contribution < 1.29 is 18.7 Å². The third-order valence-electron chi connectivity index (χ3n) is 5.63. The number of ether oxygens (including phenoxy) is 1. The first-order valence-corrected chi connectivity index (χ1v) is 11.2. The van der Waals surface area contributed by atoms with Crippen LogP contribution in [-0.2, 0) is 16.0 Å². The smallest absolute Gasteiger partial charge is 0.261 e. The number of nitrogens with one attached hydrogen (secondary N) is 1. The minimum atomic E-state index is -0.335. The number of benzene rings is 2. The van der Waals surface area contributed by atoms with Crippen LogP contribution in [0.4, 0.5) is 4.39 Å². The first-order valence-electron chi connectivity index (χ1n) is 10.4. The van der Waals surface area contributed by atoms with Gasteiger partial charge in [-0.25, -0.2) is 4.39 Å². The van der Waals surface area contributed by atoms with E-state index >= 15 is 0 Å². The molecule has 1 aliphatic heterocycles. The summed E-state index contributed by atoms with van der Waals surface area (Å²) in [6.07, 6.45) is 0.979. The number of rotatable bonds is 7. The molecular formula is C24H25FN2O3S. The molecule has 4 rings (SSSR count). The molecule has 162 valence electrons. The van der Waals surface area contributed by atoms with E-state index in [-0.39, 0.29) is 30.0 Å². The average molecular weight is 441 g/mol. The largest absolute Gasteiger partial charge is 0.383 e. The van der Waals surface area contributed by atoms with Gasteiger partial charge in [-0.3, -0.25) is 9.59 Å². The molecule has 2 amide bonds. The van der Waals surface area contributed by atoms with Gasteiger partial charge in [0.15, 0.2) is 0 Å². The monoisotopic (exact) mass is 440 g/mol. The maximum atomic E-state index is 13.5. The third-order valence-corrected chi connectivity index (χ3v) is 6.81. The molecule has 7 heteroatoms. The highest BCUT2D eigenvalue weighted by Crippen LogP contribution is 2.40. The fraction of sp³-hybridized carbons (Fsp3) is 0.333. The molecule has 0 spiro atoms. The van der Waals surface area contributed by atoms with Gasteiger partial charge in [-0.05, 0) is 41.1 Å². The molecule has 2 aromatic carbocycles. The van der Waals surface area contributed by atoms with Crippen LogP contribution in [0.3, 0.4) is 0 Å². The zero-order chi connectivity index (χ0) is 21.8. The van der Waals surface area contributed by atoms with Gasteiger partial charge in [-0.2, -0.15) is 0 Å². The Balaban J connectivity index is 1.54. The van der Waals surface area contributed by atoms with Crippen molar-refractivity contribution in [1.29, 1.82) is 0 Å². The number of halogens is 1. The van der Waals surface area contributed by atoms with E-state index in [1.165, 1.54) is 23.5 Å². The summed E-state index contributed by atoms with van der Waals surface area (Å²) in [5.74, 6) is -0.356. The highest BCUT2D eigenvalue weighted by atomic mass is 32.1. The molecule has 5 nitrogen and oxygen atoms in total. The summed E-state index contributed by atoms with van der Waals surface area (Å²) in [5, 5.41) is 4.00. The van der Waals surface area contributed by atoms with Gasteiger partial charge in [0.1, 0.15) is 5.82 Å². The van der Waals surface area contributed by atoms with Crippen molar-refractivity contribution in [3.63, 3.8) is 0 Å². The molecule has 0 unspecified atom stereocenters. The van der Waals surface area contributed by atoms with Gasteiger partial charge in [0.2, 0.25) is 5.91 Å². The Labute approximate surface area is 184 Å². The Kier molecular flexibility index (Phi) is 6.63. The SMILES string of the molecule is COCCNC(=O)c1sc2ccccc2c1[C@H]1CCN(C(=O)Cc2cccc(F)c2)C1. The summed E-state index contributed by atoms with van der Waals surface area (Å²) in [6.45, 7) is 2.10. The highest BCUT2D eigenvalue weighted by molar-refractivity contribution is 7.21. The van der Waals surface area contributed by atoms with Crippen LogP contribution in [0.1, 0.15) is 33.1 Å². The number of carbonyl (C=O) groups excluding carboxylic acids is 2. The molecule has 1 aliphatic rings. The zero-order valence-corrected chi connectivity index (χ0v) is 18.2. The lowest BCUT2D eigenvalue weighted by molar-refractivity contribution is -0.129. The van der Waals surface area contributed by atoms with Gasteiger partial charge >= 0.3 is 0 Å². The lowest BCUT2D eigenvalue weighted by atomic mass is 9.95. The molecule has 3 aromatic rings. The molecule has 1 N–H and O–H groups in total. The molecule has 1 fully saturated rings. The summed E-state index contributed by atoms with van der Waals surface area (Å²) in [6, 6.07) is 14.2. The second-order valence-corrected chi connectivity index (χ2v) is 8.77. The number of thiophene rings is 1. The van der Waals surface area contributed by atoms with E-state index in [0.29, 0.717) is 36.7 Å². The van der Waals surface area contributed by atoms with E-state index in [1.54, 1.807) is 19.2 Å². The summed E-state index contributed by atoms with van der Waals surface area (Å²) < 4.78 is 19.6. The molecule has 1 aromatic heterocycles. The molecule has 31 heavy (non-hydrogen) atoms. The van der Waals surface area contributed by atoms with Crippen LogP contribution in [0.2, 0.25) is 0 Å². The predicted octanol–water partition coefficient (Wildman–Crippen LogP) is 3.98. The summed E-state index contributed by atoms with van der Waals surface area (Å²) >= 11 is 1.49. The van der Waals surface area contributed by atoms with Crippen molar-refractivity contribution in [2.75, 3.05) is 33.4 Å². The number of methoxy groups -OCH3 is 1. The van der Waals surface area contributed by atoms with Gasteiger partial charge < -0.3 is 15.0 Å². The maximum absolute atomic E-state index is 13.5. The topological polar surface area (TPSA) is 58.6 Å². The number of nitrogens with zero attached hydrogens (tertiary/aromatic N) is 1. The fourth-order valence-corrected chi connectivity index (χ4v) is 5.35. The van der Waals surface area contributed by atoms with Crippen LogP contribution < -0.4 is 5.32 Å². The Morgan fingerprint density at radius 2 is 2.06 bits per heavy atom. The Morgan fingerprint density at radius 3 is 2.87 bits per heavy atom. The molecule has 1 atom stereocenters. The van der Waals surface area contributed by atoms with Crippen LogP contribution in [0, 0.1) is 5.82 Å². The standard InChI is InChI=1S/C24H25FN2O3S/c1-30-12-10-26-24(29)23-22(19-7-2-3-8-20(19)31-23)17-9-11-27(15-17)21(28)14-16-5-4-6-18(25)13-16/h2-8,13,17H,9-12,14-15H2,1H3,(H,26,29)/t17-/m0/s1. The molecular weight excluding hydrogens is 415 g/mol.